The van der Waals surface area contributed by atoms with Crippen molar-refractivity contribution in [3.05, 3.63) is 41.2 Å². The van der Waals surface area contributed by atoms with Crippen LogP contribution in [0.3, 0.4) is 0 Å². The number of rotatable bonds is 6. The number of H-pyrrole nitrogens is 1. The van der Waals surface area contributed by atoms with Gasteiger partial charge in [0.1, 0.15) is 17.3 Å². The molecule has 7 nitrogen and oxygen atoms in total. The SMILES string of the molecule is Cc1cnc(C(NC(=O)c2cc(O[C@@H](C)C(F)(F)F)c(C3(F)COC3)cn2)C(C)(C)C)[nH]1. The molecule has 2 aromatic rings. The van der Waals surface area contributed by atoms with Gasteiger partial charge in [0, 0.05) is 24.2 Å². The Bertz CT molecular complexity index is 980. The third-order valence-electron chi connectivity index (χ3n) is 5.15. The van der Waals surface area contributed by atoms with Gasteiger partial charge in [-0.05, 0) is 19.3 Å². The van der Waals surface area contributed by atoms with Crippen LogP contribution in [0.25, 0.3) is 0 Å². The molecule has 0 saturated carbocycles. The lowest BCUT2D eigenvalue weighted by Gasteiger charge is -2.35. The first-order valence-electron chi connectivity index (χ1n) is 10.0. The van der Waals surface area contributed by atoms with Gasteiger partial charge in [0.15, 0.2) is 11.8 Å². The number of nitrogens with one attached hydrogen (secondary N) is 2. The Hall–Kier alpha value is -2.69. The molecule has 2 aromatic heterocycles. The Morgan fingerprint density at radius 3 is 2.38 bits per heavy atom. The highest BCUT2D eigenvalue weighted by Gasteiger charge is 2.45. The quantitative estimate of drug-likeness (QED) is 0.635. The summed E-state index contributed by atoms with van der Waals surface area (Å²) in [5.41, 5.74) is -2.07. The Morgan fingerprint density at radius 2 is 1.91 bits per heavy atom. The summed E-state index contributed by atoms with van der Waals surface area (Å²) in [5, 5.41) is 2.81. The molecule has 3 rings (SSSR count). The van der Waals surface area contributed by atoms with Gasteiger partial charge in [0.2, 0.25) is 0 Å². The van der Waals surface area contributed by atoms with Crippen LogP contribution in [-0.4, -0.2) is 46.4 Å². The average Bonchev–Trinajstić information content (AvgIpc) is 3.08. The minimum Gasteiger partial charge on any atom is -0.481 e. The fourth-order valence-corrected chi connectivity index (χ4v) is 3.17. The van der Waals surface area contributed by atoms with E-state index in [0.29, 0.717) is 5.82 Å². The number of carbonyl (C=O) groups excluding carboxylic acids is 1. The first kappa shape index (κ1) is 24.0. The van der Waals surface area contributed by atoms with Crippen molar-refractivity contribution in [2.45, 2.75) is 58.6 Å². The summed E-state index contributed by atoms with van der Waals surface area (Å²) in [6.45, 7) is 7.66. The summed E-state index contributed by atoms with van der Waals surface area (Å²) in [4.78, 5) is 24.3. The van der Waals surface area contributed by atoms with E-state index in [1.54, 1.807) is 6.20 Å². The molecular weight excluding hydrogens is 432 g/mol. The molecule has 1 aliphatic rings. The third-order valence-corrected chi connectivity index (χ3v) is 5.15. The molecule has 0 radical (unpaired) electrons. The van der Waals surface area contributed by atoms with Crippen molar-refractivity contribution in [3.8, 4) is 5.75 Å². The number of amides is 1. The minimum atomic E-state index is -4.67. The predicted molar refractivity (Wildman–Crippen MR) is 107 cm³/mol. The average molecular weight is 458 g/mol. The molecule has 2 atom stereocenters. The zero-order valence-electron chi connectivity index (χ0n) is 18.4. The van der Waals surface area contributed by atoms with Gasteiger partial charge in [-0.1, -0.05) is 20.8 Å². The normalized spacial score (nSPS) is 17.9. The molecule has 3 heterocycles. The van der Waals surface area contributed by atoms with Crippen LogP contribution in [-0.2, 0) is 10.4 Å². The number of carbonyl (C=O) groups is 1. The van der Waals surface area contributed by atoms with Gasteiger partial charge in [0.25, 0.3) is 5.91 Å². The van der Waals surface area contributed by atoms with Gasteiger partial charge < -0.3 is 19.8 Å². The number of aromatic nitrogens is 3. The summed E-state index contributed by atoms with van der Waals surface area (Å²) >= 11 is 0. The molecule has 1 saturated heterocycles. The van der Waals surface area contributed by atoms with Crippen molar-refractivity contribution in [2.75, 3.05) is 13.2 Å². The van der Waals surface area contributed by atoms with Gasteiger partial charge in [-0.3, -0.25) is 9.78 Å². The number of aromatic amines is 1. The molecule has 32 heavy (non-hydrogen) atoms. The van der Waals surface area contributed by atoms with Crippen molar-refractivity contribution in [1.29, 1.82) is 0 Å². The third kappa shape index (κ3) is 5.03. The zero-order valence-corrected chi connectivity index (χ0v) is 18.4. The number of imidazole rings is 1. The van der Waals surface area contributed by atoms with Gasteiger partial charge >= 0.3 is 6.18 Å². The highest BCUT2D eigenvalue weighted by Crippen LogP contribution is 2.40. The van der Waals surface area contributed by atoms with Crippen molar-refractivity contribution in [2.24, 2.45) is 5.41 Å². The van der Waals surface area contributed by atoms with Crippen molar-refractivity contribution in [3.63, 3.8) is 0 Å². The Labute approximate surface area is 182 Å². The molecule has 11 heteroatoms. The van der Waals surface area contributed by atoms with E-state index in [0.717, 1.165) is 24.9 Å². The molecule has 0 aromatic carbocycles. The van der Waals surface area contributed by atoms with Crippen LogP contribution in [0.1, 0.15) is 61.3 Å². The zero-order chi connectivity index (χ0) is 23.9. The van der Waals surface area contributed by atoms with Crippen molar-refractivity contribution < 1.29 is 31.8 Å². The summed E-state index contributed by atoms with van der Waals surface area (Å²) in [6, 6.07) is 0.482. The van der Waals surface area contributed by atoms with Gasteiger partial charge in [-0.2, -0.15) is 13.2 Å². The second-order valence-corrected chi connectivity index (χ2v) is 9.05. The van der Waals surface area contributed by atoms with E-state index in [1.807, 2.05) is 27.7 Å². The maximum Gasteiger partial charge on any atom is 0.425 e. The van der Waals surface area contributed by atoms with Crippen LogP contribution in [0.4, 0.5) is 17.6 Å². The van der Waals surface area contributed by atoms with Crippen LogP contribution < -0.4 is 10.1 Å². The smallest absolute Gasteiger partial charge is 0.425 e. The molecule has 0 bridgehead atoms. The summed E-state index contributed by atoms with van der Waals surface area (Å²) in [5.74, 6) is -0.536. The van der Waals surface area contributed by atoms with E-state index < -0.39 is 41.1 Å². The highest BCUT2D eigenvalue weighted by atomic mass is 19.4. The molecule has 176 valence electrons. The summed E-state index contributed by atoms with van der Waals surface area (Å²) < 4.78 is 64.0. The maximum absolute atomic E-state index is 14.9. The van der Waals surface area contributed by atoms with Crippen LogP contribution in [0.15, 0.2) is 18.5 Å². The van der Waals surface area contributed by atoms with Crippen LogP contribution in [0, 0.1) is 12.3 Å². The van der Waals surface area contributed by atoms with Crippen molar-refractivity contribution >= 4 is 5.91 Å². The molecular formula is C21H26F4N4O3. The molecule has 1 aliphatic heterocycles. The molecule has 1 unspecified atom stereocenters. The molecule has 1 amide bonds. The van der Waals surface area contributed by atoms with E-state index in [2.05, 4.69) is 20.3 Å². The van der Waals surface area contributed by atoms with E-state index in [9.17, 15) is 22.4 Å². The molecule has 0 spiro atoms. The van der Waals surface area contributed by atoms with Gasteiger partial charge in [-0.15, -0.1) is 0 Å². The van der Waals surface area contributed by atoms with E-state index in [-0.39, 0.29) is 24.5 Å². The topological polar surface area (TPSA) is 89.1 Å². The Balaban J connectivity index is 1.92. The van der Waals surface area contributed by atoms with Crippen LogP contribution in [0.2, 0.25) is 0 Å². The predicted octanol–water partition coefficient (Wildman–Crippen LogP) is 4.15. The van der Waals surface area contributed by atoms with E-state index >= 15 is 0 Å². The number of aryl methyl sites for hydroxylation is 1. The van der Waals surface area contributed by atoms with Crippen molar-refractivity contribution in [1.82, 2.24) is 20.3 Å². The van der Waals surface area contributed by atoms with E-state index in [1.165, 1.54) is 0 Å². The fourth-order valence-electron chi connectivity index (χ4n) is 3.17. The number of halogens is 4. The number of hydrogen-bond donors (Lipinski definition) is 2. The summed E-state index contributed by atoms with van der Waals surface area (Å²) in [7, 11) is 0. The standard InChI is InChI=1S/C21H26F4N4O3/c1-11-7-27-17(28-11)16(19(3,4)5)29-18(30)14-6-15(32-12(2)21(23,24)25)13(8-26-14)20(22)9-31-10-20/h6-8,12,16H,9-10H2,1-5H3,(H,27,28)(H,29,30)/t12-,16?/m0/s1. The van der Waals surface area contributed by atoms with Crippen LogP contribution >= 0.6 is 0 Å². The lowest BCUT2D eigenvalue weighted by Crippen LogP contribution is -2.43. The molecule has 1 fully saturated rings. The van der Waals surface area contributed by atoms with Gasteiger partial charge in [-0.25, -0.2) is 9.37 Å². The molecule has 0 aliphatic carbocycles. The number of alkyl halides is 4. The maximum atomic E-state index is 14.9. The Kier molecular flexibility index (Phi) is 6.25. The number of hydrogen-bond acceptors (Lipinski definition) is 5. The van der Waals surface area contributed by atoms with E-state index in [4.69, 9.17) is 9.47 Å². The summed E-state index contributed by atoms with van der Waals surface area (Å²) in [6.07, 6.45) is -4.23. The molecule has 2 N–H and O–H groups in total. The fraction of sp³-hybridized carbons (Fsp3) is 0.571. The second kappa shape index (κ2) is 8.34. The first-order chi connectivity index (χ1) is 14.7. The van der Waals surface area contributed by atoms with Gasteiger partial charge in [0.05, 0.1) is 24.8 Å². The number of ether oxygens (including phenoxy) is 2. The highest BCUT2D eigenvalue weighted by molar-refractivity contribution is 5.93. The number of pyridine rings is 1. The monoisotopic (exact) mass is 458 g/mol. The lowest BCUT2D eigenvalue weighted by atomic mass is 9.86. The minimum absolute atomic E-state index is 0.189. The van der Waals surface area contributed by atoms with Crippen LogP contribution in [0.5, 0.6) is 5.75 Å². The largest absolute Gasteiger partial charge is 0.481 e. The second-order valence-electron chi connectivity index (χ2n) is 9.05. The lowest BCUT2D eigenvalue weighted by molar-refractivity contribution is -0.190. The first-order valence-corrected chi connectivity index (χ1v) is 10.0. The Morgan fingerprint density at radius 1 is 1.25 bits per heavy atom. The number of nitrogens with zero attached hydrogens (tertiary/aromatic N) is 2.